The van der Waals surface area contributed by atoms with E-state index in [1.165, 1.54) is 0 Å². The predicted molar refractivity (Wildman–Crippen MR) is 75.1 cm³/mol. The third-order valence-electron chi connectivity index (χ3n) is 2.93. The van der Waals surface area contributed by atoms with Gasteiger partial charge in [-0.25, -0.2) is 4.79 Å². The first-order chi connectivity index (χ1) is 9.67. The fraction of sp³-hybridized carbons (Fsp3) is 0.188. The number of benzene rings is 1. The maximum absolute atomic E-state index is 11.9. The largest absolute Gasteiger partial charge is 0.462 e. The molecule has 0 unspecified atom stereocenters. The van der Waals surface area contributed by atoms with Gasteiger partial charge in [0.15, 0.2) is 0 Å². The number of carbonyl (C=O) groups excluding carboxylic acids is 1. The number of hydrogen-bond acceptors (Lipinski definition) is 4. The molecule has 4 heteroatoms. The summed E-state index contributed by atoms with van der Waals surface area (Å²) in [6.45, 7) is 3.94. The van der Waals surface area contributed by atoms with Gasteiger partial charge in [0.05, 0.1) is 29.5 Å². The lowest BCUT2D eigenvalue weighted by atomic mass is 10.0. The highest BCUT2D eigenvalue weighted by Gasteiger charge is 2.15. The van der Waals surface area contributed by atoms with Crippen molar-refractivity contribution in [2.45, 2.75) is 13.8 Å². The van der Waals surface area contributed by atoms with Crippen LogP contribution in [0.25, 0.3) is 11.3 Å². The molecule has 0 N–H and O–H groups in total. The first-order valence-corrected chi connectivity index (χ1v) is 6.30. The highest BCUT2D eigenvalue weighted by Crippen LogP contribution is 2.24. The molecule has 0 aliphatic heterocycles. The van der Waals surface area contributed by atoms with E-state index in [4.69, 9.17) is 10.00 Å². The van der Waals surface area contributed by atoms with Gasteiger partial charge in [-0.2, -0.15) is 5.26 Å². The van der Waals surface area contributed by atoms with E-state index >= 15 is 0 Å². The molecule has 0 aliphatic rings. The van der Waals surface area contributed by atoms with E-state index in [1.54, 1.807) is 31.3 Å². The Morgan fingerprint density at radius 3 is 2.90 bits per heavy atom. The zero-order valence-corrected chi connectivity index (χ0v) is 11.4. The van der Waals surface area contributed by atoms with E-state index in [2.05, 4.69) is 11.1 Å². The van der Waals surface area contributed by atoms with Crippen molar-refractivity contribution in [1.82, 2.24) is 4.98 Å². The van der Waals surface area contributed by atoms with Gasteiger partial charge in [-0.1, -0.05) is 12.1 Å². The van der Waals surface area contributed by atoms with E-state index in [9.17, 15) is 4.79 Å². The van der Waals surface area contributed by atoms with E-state index in [1.807, 2.05) is 19.1 Å². The Labute approximate surface area is 117 Å². The Morgan fingerprint density at radius 2 is 2.20 bits per heavy atom. The summed E-state index contributed by atoms with van der Waals surface area (Å²) in [6.07, 6.45) is 1.62. The predicted octanol–water partition coefficient (Wildman–Crippen LogP) is 3.11. The van der Waals surface area contributed by atoms with Crippen molar-refractivity contribution in [1.29, 1.82) is 5.26 Å². The normalized spacial score (nSPS) is 9.85. The van der Waals surface area contributed by atoms with E-state index < -0.39 is 5.97 Å². The Bertz CT molecular complexity index is 687. The van der Waals surface area contributed by atoms with Gasteiger partial charge in [-0.3, -0.25) is 4.98 Å². The minimum atomic E-state index is -0.408. The minimum absolute atomic E-state index is 0.310. The third kappa shape index (κ3) is 2.67. The average Bonchev–Trinajstić information content (AvgIpc) is 2.48. The van der Waals surface area contributed by atoms with Crippen molar-refractivity contribution in [3.05, 3.63) is 53.2 Å². The molecule has 0 radical (unpaired) electrons. The SMILES string of the molecule is CCOC(=O)c1cccnc1-c1ccc(C)c(C#N)c1. The average molecular weight is 266 g/mol. The summed E-state index contributed by atoms with van der Waals surface area (Å²) < 4.78 is 5.03. The lowest BCUT2D eigenvalue weighted by Gasteiger charge is -2.08. The maximum atomic E-state index is 11.9. The van der Waals surface area contributed by atoms with Crippen LogP contribution in [-0.4, -0.2) is 17.6 Å². The Kier molecular flexibility index (Phi) is 4.11. The number of hydrogen-bond donors (Lipinski definition) is 0. The number of rotatable bonds is 3. The van der Waals surface area contributed by atoms with Gasteiger partial charge < -0.3 is 4.74 Å². The van der Waals surface area contributed by atoms with Gasteiger partial charge in [-0.05, 0) is 37.6 Å². The van der Waals surface area contributed by atoms with Gasteiger partial charge in [0, 0.05) is 11.8 Å². The van der Waals surface area contributed by atoms with Gasteiger partial charge in [0.1, 0.15) is 0 Å². The molecule has 1 aromatic heterocycles. The standard InChI is InChI=1S/C16H14N2O2/c1-3-20-16(19)14-5-4-8-18-15(14)12-7-6-11(2)13(9-12)10-17/h4-9H,3H2,1-2H3. The van der Waals surface area contributed by atoms with Crippen molar-refractivity contribution in [3.8, 4) is 17.3 Å². The second-order valence-corrected chi connectivity index (χ2v) is 4.26. The molecule has 0 saturated carbocycles. The minimum Gasteiger partial charge on any atom is -0.462 e. The summed E-state index contributed by atoms with van der Waals surface area (Å²) in [6, 6.07) is 10.9. The van der Waals surface area contributed by atoms with Crippen LogP contribution in [0.15, 0.2) is 36.5 Å². The molecule has 100 valence electrons. The molecule has 0 bridgehead atoms. The van der Waals surface area contributed by atoms with Crippen LogP contribution in [0, 0.1) is 18.3 Å². The number of esters is 1. The van der Waals surface area contributed by atoms with Crippen LogP contribution in [-0.2, 0) is 4.74 Å². The zero-order valence-electron chi connectivity index (χ0n) is 11.4. The molecule has 20 heavy (non-hydrogen) atoms. The first-order valence-electron chi connectivity index (χ1n) is 6.30. The topological polar surface area (TPSA) is 63.0 Å². The van der Waals surface area contributed by atoms with Gasteiger partial charge in [0.2, 0.25) is 0 Å². The molecule has 0 fully saturated rings. The molecule has 2 rings (SSSR count). The monoisotopic (exact) mass is 266 g/mol. The van der Waals surface area contributed by atoms with Crippen molar-refractivity contribution in [3.63, 3.8) is 0 Å². The molecule has 0 atom stereocenters. The van der Waals surface area contributed by atoms with Gasteiger partial charge >= 0.3 is 5.97 Å². The third-order valence-corrected chi connectivity index (χ3v) is 2.93. The van der Waals surface area contributed by atoms with Crippen LogP contribution in [0.4, 0.5) is 0 Å². The molecule has 0 spiro atoms. The Hall–Kier alpha value is -2.67. The molecular formula is C16H14N2O2. The summed E-state index contributed by atoms with van der Waals surface area (Å²) in [5, 5.41) is 9.09. The van der Waals surface area contributed by atoms with Crippen LogP contribution in [0.1, 0.15) is 28.4 Å². The number of aryl methyl sites for hydroxylation is 1. The Balaban J connectivity index is 2.53. The smallest absolute Gasteiger partial charge is 0.340 e. The van der Waals surface area contributed by atoms with Crippen LogP contribution in [0.3, 0.4) is 0 Å². The van der Waals surface area contributed by atoms with Crippen LogP contribution < -0.4 is 0 Å². The number of ether oxygens (including phenoxy) is 1. The lowest BCUT2D eigenvalue weighted by molar-refractivity contribution is 0.0527. The molecule has 0 saturated heterocycles. The second-order valence-electron chi connectivity index (χ2n) is 4.26. The van der Waals surface area contributed by atoms with Gasteiger partial charge in [-0.15, -0.1) is 0 Å². The summed E-state index contributed by atoms with van der Waals surface area (Å²) in [5.41, 5.74) is 3.13. The summed E-state index contributed by atoms with van der Waals surface area (Å²) in [4.78, 5) is 16.2. The van der Waals surface area contributed by atoms with Gasteiger partial charge in [0.25, 0.3) is 0 Å². The lowest BCUT2D eigenvalue weighted by Crippen LogP contribution is -2.07. The van der Waals surface area contributed by atoms with Crippen molar-refractivity contribution in [2.75, 3.05) is 6.61 Å². The van der Waals surface area contributed by atoms with Crippen LogP contribution in [0.5, 0.6) is 0 Å². The first kappa shape index (κ1) is 13.8. The zero-order chi connectivity index (χ0) is 14.5. The van der Waals surface area contributed by atoms with E-state index in [0.29, 0.717) is 23.4 Å². The Morgan fingerprint density at radius 1 is 1.40 bits per heavy atom. The molecule has 0 amide bonds. The van der Waals surface area contributed by atoms with Crippen LogP contribution >= 0.6 is 0 Å². The fourth-order valence-corrected chi connectivity index (χ4v) is 1.90. The molecule has 4 nitrogen and oxygen atoms in total. The number of carbonyl (C=O) groups is 1. The number of aromatic nitrogens is 1. The number of nitriles is 1. The number of pyridine rings is 1. The molecule has 2 aromatic rings. The summed E-state index contributed by atoms with van der Waals surface area (Å²) in [7, 11) is 0. The molecule has 1 heterocycles. The van der Waals surface area contributed by atoms with Crippen molar-refractivity contribution >= 4 is 5.97 Å². The quantitative estimate of drug-likeness (QED) is 0.801. The van der Waals surface area contributed by atoms with E-state index in [-0.39, 0.29) is 0 Å². The maximum Gasteiger partial charge on any atom is 0.340 e. The van der Waals surface area contributed by atoms with Crippen molar-refractivity contribution in [2.24, 2.45) is 0 Å². The second kappa shape index (κ2) is 5.98. The molecular weight excluding hydrogens is 252 g/mol. The molecule has 1 aromatic carbocycles. The fourth-order valence-electron chi connectivity index (χ4n) is 1.90. The molecule has 0 aliphatic carbocycles. The van der Waals surface area contributed by atoms with Crippen molar-refractivity contribution < 1.29 is 9.53 Å². The number of nitrogens with zero attached hydrogens (tertiary/aromatic N) is 2. The van der Waals surface area contributed by atoms with E-state index in [0.717, 1.165) is 11.1 Å². The highest BCUT2D eigenvalue weighted by atomic mass is 16.5. The summed E-state index contributed by atoms with van der Waals surface area (Å²) >= 11 is 0. The van der Waals surface area contributed by atoms with Crippen LogP contribution in [0.2, 0.25) is 0 Å². The highest BCUT2D eigenvalue weighted by molar-refractivity contribution is 5.96. The summed E-state index contributed by atoms with van der Waals surface area (Å²) in [5.74, 6) is -0.408.